The van der Waals surface area contributed by atoms with E-state index in [-0.39, 0.29) is 5.91 Å². The van der Waals surface area contributed by atoms with Crippen LogP contribution in [-0.2, 0) is 6.54 Å². The van der Waals surface area contributed by atoms with Gasteiger partial charge < -0.3 is 0 Å². The van der Waals surface area contributed by atoms with E-state index in [4.69, 9.17) is 5.84 Å². The maximum absolute atomic E-state index is 11.5. The highest BCUT2D eigenvalue weighted by molar-refractivity contribution is 7.13. The van der Waals surface area contributed by atoms with E-state index in [1.807, 2.05) is 6.92 Å². The third-order valence-corrected chi connectivity index (χ3v) is 4.60. The minimum atomic E-state index is -0.247. The van der Waals surface area contributed by atoms with E-state index in [1.165, 1.54) is 30.6 Å². The van der Waals surface area contributed by atoms with Crippen molar-refractivity contribution in [2.24, 2.45) is 5.84 Å². The number of likely N-dealkylation sites (tertiary alicyclic amines) is 1. The summed E-state index contributed by atoms with van der Waals surface area (Å²) < 4.78 is 0. The number of rotatable bonds is 3. The number of piperidine rings is 1. The number of carbonyl (C=O) groups is 1. The van der Waals surface area contributed by atoms with Crippen molar-refractivity contribution in [1.82, 2.24) is 15.3 Å². The molecule has 0 aromatic carbocycles. The van der Waals surface area contributed by atoms with Crippen LogP contribution in [0.4, 0.5) is 0 Å². The van der Waals surface area contributed by atoms with Gasteiger partial charge >= 0.3 is 0 Å². The van der Waals surface area contributed by atoms with Crippen LogP contribution in [0, 0.1) is 6.92 Å². The highest BCUT2D eigenvalue weighted by Gasteiger charge is 2.21. The fraction of sp³-hybridized carbons (Fsp3) is 0.667. The molecular formula is C12H20N4OS. The summed E-state index contributed by atoms with van der Waals surface area (Å²) >= 11 is 1.44. The Morgan fingerprint density at radius 1 is 1.61 bits per heavy atom. The number of nitrogens with zero attached hydrogens (tertiary/aromatic N) is 2. The maximum Gasteiger partial charge on any atom is 0.277 e. The molecule has 1 aliphatic heterocycles. The first-order valence-electron chi connectivity index (χ1n) is 6.33. The van der Waals surface area contributed by atoms with Crippen LogP contribution in [0.1, 0.15) is 46.6 Å². The second-order valence-corrected chi connectivity index (χ2v) is 5.89. The molecule has 1 atom stereocenters. The average Bonchev–Trinajstić information content (AvgIpc) is 2.72. The number of nitrogen functional groups attached to an aromatic ring is 1. The molecule has 100 valence electrons. The molecule has 0 aliphatic carbocycles. The smallest absolute Gasteiger partial charge is 0.277 e. The summed E-state index contributed by atoms with van der Waals surface area (Å²) in [6, 6.07) is 0.606. The monoisotopic (exact) mass is 268 g/mol. The van der Waals surface area contributed by atoms with Crippen LogP contribution in [0.15, 0.2) is 0 Å². The van der Waals surface area contributed by atoms with Gasteiger partial charge in [-0.1, -0.05) is 6.42 Å². The summed E-state index contributed by atoms with van der Waals surface area (Å²) in [4.78, 5) is 19.1. The first-order valence-corrected chi connectivity index (χ1v) is 7.14. The van der Waals surface area contributed by atoms with E-state index in [0.717, 1.165) is 23.8 Å². The SMILES string of the molecule is Cc1nc(CN2CCCCC2C)sc1C(=O)NN. The molecule has 2 rings (SSSR count). The van der Waals surface area contributed by atoms with Gasteiger partial charge in [-0.25, -0.2) is 10.8 Å². The predicted molar refractivity (Wildman–Crippen MR) is 72.2 cm³/mol. The van der Waals surface area contributed by atoms with Crippen molar-refractivity contribution in [3.63, 3.8) is 0 Å². The number of carbonyl (C=O) groups excluding carboxylic acids is 1. The van der Waals surface area contributed by atoms with Crippen LogP contribution in [-0.4, -0.2) is 28.4 Å². The second-order valence-electron chi connectivity index (χ2n) is 4.81. The number of thiazole rings is 1. The molecule has 1 aliphatic rings. The van der Waals surface area contributed by atoms with E-state index in [9.17, 15) is 4.79 Å². The lowest BCUT2D eigenvalue weighted by atomic mass is 10.0. The van der Waals surface area contributed by atoms with Gasteiger partial charge in [-0.3, -0.25) is 15.1 Å². The first-order chi connectivity index (χ1) is 8.61. The molecule has 1 amide bonds. The molecule has 1 fully saturated rings. The van der Waals surface area contributed by atoms with Gasteiger partial charge in [0.1, 0.15) is 9.88 Å². The van der Waals surface area contributed by atoms with E-state index in [0.29, 0.717) is 10.9 Å². The van der Waals surface area contributed by atoms with Gasteiger partial charge in [-0.15, -0.1) is 11.3 Å². The quantitative estimate of drug-likeness (QED) is 0.494. The van der Waals surface area contributed by atoms with Crippen molar-refractivity contribution in [1.29, 1.82) is 0 Å². The highest BCUT2D eigenvalue weighted by atomic mass is 32.1. The summed E-state index contributed by atoms with van der Waals surface area (Å²) in [7, 11) is 0. The Hall–Kier alpha value is -0.980. The fourth-order valence-electron chi connectivity index (χ4n) is 2.36. The molecule has 0 bridgehead atoms. The molecular weight excluding hydrogens is 248 g/mol. The Bertz CT molecular complexity index is 432. The third kappa shape index (κ3) is 2.88. The molecule has 1 saturated heterocycles. The topological polar surface area (TPSA) is 71.2 Å². The minimum Gasteiger partial charge on any atom is -0.294 e. The number of nitrogens with two attached hydrogens (primary N) is 1. The zero-order valence-corrected chi connectivity index (χ0v) is 11.7. The van der Waals surface area contributed by atoms with E-state index in [1.54, 1.807) is 0 Å². The molecule has 0 radical (unpaired) electrons. The third-order valence-electron chi connectivity index (χ3n) is 3.46. The Morgan fingerprint density at radius 2 is 2.39 bits per heavy atom. The Labute approximate surface area is 111 Å². The van der Waals surface area contributed by atoms with Crippen molar-refractivity contribution >= 4 is 17.2 Å². The summed E-state index contributed by atoms with van der Waals surface area (Å²) in [5, 5.41) is 1.000. The minimum absolute atomic E-state index is 0.247. The van der Waals surface area contributed by atoms with Crippen LogP contribution in [0.5, 0.6) is 0 Å². The number of hydrazine groups is 1. The molecule has 3 N–H and O–H groups in total. The fourth-order valence-corrected chi connectivity index (χ4v) is 3.36. The molecule has 0 spiro atoms. The van der Waals surface area contributed by atoms with Crippen molar-refractivity contribution < 1.29 is 4.79 Å². The van der Waals surface area contributed by atoms with Gasteiger partial charge in [-0.2, -0.15) is 0 Å². The summed E-state index contributed by atoms with van der Waals surface area (Å²) in [6.45, 7) is 6.07. The number of nitrogens with one attached hydrogen (secondary N) is 1. The molecule has 1 aromatic heterocycles. The van der Waals surface area contributed by atoms with Crippen molar-refractivity contribution in [2.75, 3.05) is 6.54 Å². The van der Waals surface area contributed by atoms with E-state index >= 15 is 0 Å². The van der Waals surface area contributed by atoms with Gasteiger partial charge in [0, 0.05) is 6.04 Å². The molecule has 0 saturated carbocycles. The van der Waals surface area contributed by atoms with Crippen molar-refractivity contribution in [3.05, 3.63) is 15.6 Å². The van der Waals surface area contributed by atoms with Crippen LogP contribution < -0.4 is 11.3 Å². The van der Waals surface area contributed by atoms with Gasteiger partial charge in [0.15, 0.2) is 0 Å². The normalized spacial score (nSPS) is 20.9. The molecule has 1 unspecified atom stereocenters. The van der Waals surface area contributed by atoms with Crippen molar-refractivity contribution in [3.8, 4) is 0 Å². The number of amides is 1. The largest absolute Gasteiger partial charge is 0.294 e. The lowest BCUT2D eigenvalue weighted by molar-refractivity contribution is 0.0957. The summed E-state index contributed by atoms with van der Waals surface area (Å²) in [5.74, 6) is 4.91. The molecule has 6 heteroatoms. The van der Waals surface area contributed by atoms with Crippen LogP contribution in [0.2, 0.25) is 0 Å². The number of aryl methyl sites for hydroxylation is 1. The summed E-state index contributed by atoms with van der Waals surface area (Å²) in [6.07, 6.45) is 3.82. The zero-order valence-electron chi connectivity index (χ0n) is 10.9. The standard InChI is InChI=1S/C12H20N4OS/c1-8-5-3-4-6-16(8)7-10-14-9(2)11(18-10)12(17)15-13/h8H,3-7,13H2,1-2H3,(H,15,17). The number of aromatic nitrogens is 1. The molecule has 1 aromatic rings. The van der Waals surface area contributed by atoms with E-state index < -0.39 is 0 Å². The number of hydrogen-bond acceptors (Lipinski definition) is 5. The van der Waals surface area contributed by atoms with Gasteiger partial charge in [-0.05, 0) is 33.2 Å². The highest BCUT2D eigenvalue weighted by Crippen LogP contribution is 2.23. The van der Waals surface area contributed by atoms with Gasteiger partial charge in [0.05, 0.1) is 12.2 Å². The molecule has 2 heterocycles. The first kappa shape index (κ1) is 13.5. The Balaban J connectivity index is 2.07. The van der Waals surface area contributed by atoms with E-state index in [2.05, 4.69) is 22.2 Å². The van der Waals surface area contributed by atoms with Crippen LogP contribution in [0.25, 0.3) is 0 Å². The average molecular weight is 268 g/mol. The Morgan fingerprint density at radius 3 is 3.06 bits per heavy atom. The molecule has 5 nitrogen and oxygen atoms in total. The van der Waals surface area contributed by atoms with Crippen molar-refractivity contribution in [2.45, 2.75) is 45.7 Å². The molecule has 18 heavy (non-hydrogen) atoms. The second kappa shape index (κ2) is 5.77. The Kier molecular flexibility index (Phi) is 4.31. The zero-order chi connectivity index (χ0) is 13.1. The lowest BCUT2D eigenvalue weighted by Crippen LogP contribution is -2.36. The van der Waals surface area contributed by atoms with Crippen LogP contribution in [0.3, 0.4) is 0 Å². The number of hydrogen-bond donors (Lipinski definition) is 2. The predicted octanol–water partition coefficient (Wildman–Crippen LogP) is 1.43. The van der Waals surface area contributed by atoms with Crippen LogP contribution >= 0.6 is 11.3 Å². The lowest BCUT2D eigenvalue weighted by Gasteiger charge is -2.32. The maximum atomic E-state index is 11.5. The van der Waals surface area contributed by atoms with Gasteiger partial charge in [0.25, 0.3) is 5.91 Å². The summed E-state index contributed by atoms with van der Waals surface area (Å²) in [5.41, 5.74) is 2.93. The van der Waals surface area contributed by atoms with Gasteiger partial charge in [0.2, 0.25) is 0 Å².